The molecule has 2 atom stereocenters. The number of amides is 1. The Hall–Kier alpha value is -2.35. The summed E-state index contributed by atoms with van der Waals surface area (Å²) < 4.78 is 5.99. The van der Waals surface area contributed by atoms with Crippen LogP contribution in [0, 0.1) is 0 Å². The Morgan fingerprint density at radius 2 is 1.34 bits per heavy atom. The third-order valence-electron chi connectivity index (χ3n) is 6.37. The van der Waals surface area contributed by atoms with Crippen LogP contribution < -0.4 is 5.32 Å². The van der Waals surface area contributed by atoms with E-state index in [-0.39, 0.29) is 24.0 Å². The molecule has 6 nitrogen and oxygen atoms in total. The first-order valence-electron chi connectivity index (χ1n) is 14.0. The first-order valence-corrected chi connectivity index (χ1v) is 15.2. The van der Waals surface area contributed by atoms with E-state index in [2.05, 4.69) is 12.2 Å². The Balaban J connectivity index is 1.94. The lowest BCUT2D eigenvalue weighted by Crippen LogP contribution is -2.44. The topological polar surface area (TPSA) is 95.9 Å². The van der Waals surface area contributed by atoms with Crippen LogP contribution in [-0.2, 0) is 14.3 Å². The van der Waals surface area contributed by atoms with Gasteiger partial charge in [0.25, 0.3) is 0 Å². The minimum Gasteiger partial charge on any atom is -0.451 e. The number of hydrogen-bond acceptors (Lipinski definition) is 6. The van der Waals surface area contributed by atoms with Crippen molar-refractivity contribution in [1.29, 1.82) is 0 Å². The Labute approximate surface area is 232 Å². The fraction of sp³-hybridized carbons (Fsp3) is 0.548. The summed E-state index contributed by atoms with van der Waals surface area (Å²) in [6, 6.07) is 18.2. The van der Waals surface area contributed by atoms with Gasteiger partial charge in [0.2, 0.25) is 5.91 Å². The van der Waals surface area contributed by atoms with Gasteiger partial charge in [-0.15, -0.1) is 0 Å². The van der Waals surface area contributed by atoms with E-state index in [1.165, 1.54) is 50.3 Å². The normalized spacial score (nSPS) is 12.7. The molecular formula is C31H45NO5S. The van der Waals surface area contributed by atoms with Crippen LogP contribution in [0.4, 0.5) is 0 Å². The van der Waals surface area contributed by atoms with Gasteiger partial charge in [-0.1, -0.05) is 119 Å². The molecule has 2 aromatic carbocycles. The molecule has 2 rings (SSSR count). The molecule has 0 heterocycles. The molecule has 2 aromatic rings. The molecule has 0 aliphatic rings. The van der Waals surface area contributed by atoms with Crippen LogP contribution in [0.2, 0.25) is 0 Å². The van der Waals surface area contributed by atoms with Crippen LogP contribution in [0.25, 0.3) is 0 Å². The van der Waals surface area contributed by atoms with Gasteiger partial charge in [0.1, 0.15) is 6.04 Å². The minimum absolute atomic E-state index is 0.172. The summed E-state index contributed by atoms with van der Waals surface area (Å²) in [7, 11) is 0. The number of aliphatic hydroxyl groups is 2. The molecule has 0 aliphatic heterocycles. The predicted molar refractivity (Wildman–Crippen MR) is 155 cm³/mol. The van der Waals surface area contributed by atoms with E-state index in [1.54, 1.807) is 0 Å². The van der Waals surface area contributed by atoms with Crippen LogP contribution in [-0.4, -0.2) is 52.3 Å². The quantitative estimate of drug-likeness (QED) is 0.144. The van der Waals surface area contributed by atoms with Crippen molar-refractivity contribution < 1.29 is 24.5 Å². The highest BCUT2D eigenvalue weighted by molar-refractivity contribution is 7.99. The molecule has 3 N–H and O–H groups in total. The lowest BCUT2D eigenvalue weighted by Gasteiger charge is -2.23. The van der Waals surface area contributed by atoms with Crippen molar-refractivity contribution >= 4 is 23.6 Å². The van der Waals surface area contributed by atoms with Gasteiger partial charge in [-0.2, -0.15) is 11.8 Å². The van der Waals surface area contributed by atoms with Crippen LogP contribution in [0.1, 0.15) is 88.4 Å². The van der Waals surface area contributed by atoms with E-state index < -0.39 is 24.2 Å². The first-order chi connectivity index (χ1) is 18.5. The molecule has 0 aliphatic carbocycles. The molecule has 1 amide bonds. The highest BCUT2D eigenvalue weighted by Crippen LogP contribution is 2.26. The van der Waals surface area contributed by atoms with E-state index in [0.717, 1.165) is 30.4 Å². The second-order valence-corrected chi connectivity index (χ2v) is 10.8. The van der Waals surface area contributed by atoms with Crippen LogP contribution in [0.15, 0.2) is 60.7 Å². The van der Waals surface area contributed by atoms with Gasteiger partial charge in [0.05, 0.1) is 12.7 Å². The van der Waals surface area contributed by atoms with Gasteiger partial charge in [-0.05, 0) is 17.5 Å². The number of nitrogens with one attached hydrogen (secondary N) is 1. The zero-order chi connectivity index (χ0) is 27.4. The van der Waals surface area contributed by atoms with Gasteiger partial charge < -0.3 is 20.3 Å². The molecule has 0 spiro atoms. The fourth-order valence-electron chi connectivity index (χ4n) is 4.19. The van der Waals surface area contributed by atoms with E-state index in [1.807, 2.05) is 60.7 Å². The number of thioether (sulfide) groups is 1. The molecule has 0 aromatic heterocycles. The second kappa shape index (κ2) is 19.7. The van der Waals surface area contributed by atoms with Gasteiger partial charge in [0.15, 0.2) is 6.10 Å². The van der Waals surface area contributed by atoms with Crippen LogP contribution >= 0.6 is 11.8 Å². The molecular weight excluding hydrogens is 498 g/mol. The predicted octanol–water partition coefficient (Wildman–Crippen LogP) is 5.81. The van der Waals surface area contributed by atoms with Gasteiger partial charge in [0, 0.05) is 17.9 Å². The standard InChI is InChI=1S/C31H45NO5S/c1-2-3-4-5-6-7-8-9-16-21-29(35)32-28(24-38-23-27(34)22-33)31(36)37-30(25-17-12-10-13-18-25)26-19-14-11-15-20-26/h10-15,17-20,27-28,30,33-34H,2-9,16,21-24H2,1H3,(H,32,35)/t27-,28+/m1/s1. The summed E-state index contributed by atoms with van der Waals surface area (Å²) >= 11 is 1.30. The first kappa shape index (κ1) is 31.9. The van der Waals surface area contributed by atoms with E-state index in [0.29, 0.717) is 6.42 Å². The third-order valence-corrected chi connectivity index (χ3v) is 7.56. The van der Waals surface area contributed by atoms with Crippen LogP contribution in [0.3, 0.4) is 0 Å². The Kier molecular flexibility index (Phi) is 16.5. The van der Waals surface area contributed by atoms with Crippen molar-refractivity contribution in [2.45, 2.75) is 89.4 Å². The van der Waals surface area contributed by atoms with E-state index in [4.69, 9.17) is 9.84 Å². The maximum Gasteiger partial charge on any atom is 0.330 e. The number of carbonyl (C=O) groups excluding carboxylic acids is 2. The smallest absolute Gasteiger partial charge is 0.330 e. The number of rotatable bonds is 20. The Bertz CT molecular complexity index is 856. The number of hydrogen-bond donors (Lipinski definition) is 3. The molecule has 38 heavy (non-hydrogen) atoms. The number of ether oxygens (including phenoxy) is 1. The van der Waals surface area contributed by atoms with E-state index in [9.17, 15) is 14.7 Å². The lowest BCUT2D eigenvalue weighted by molar-refractivity contribution is -0.151. The largest absolute Gasteiger partial charge is 0.451 e. The highest BCUT2D eigenvalue weighted by atomic mass is 32.2. The SMILES string of the molecule is CCCCCCCCCCCC(=O)N[C@@H](CSC[C@H](O)CO)C(=O)OC(c1ccccc1)c1ccccc1. The number of benzene rings is 2. The van der Waals surface area contributed by atoms with Crippen molar-refractivity contribution in [3.63, 3.8) is 0 Å². The van der Waals surface area contributed by atoms with Crippen LogP contribution in [0.5, 0.6) is 0 Å². The van der Waals surface area contributed by atoms with Crippen molar-refractivity contribution in [1.82, 2.24) is 5.32 Å². The number of aliphatic hydroxyl groups excluding tert-OH is 2. The molecule has 0 saturated carbocycles. The molecule has 0 fully saturated rings. The summed E-state index contributed by atoms with van der Waals surface area (Å²) in [6.07, 6.45) is 9.39. The van der Waals surface area contributed by atoms with Gasteiger partial charge in [-0.25, -0.2) is 4.79 Å². The summed E-state index contributed by atoms with van der Waals surface area (Å²) in [5.74, 6) is -0.187. The zero-order valence-corrected chi connectivity index (χ0v) is 23.5. The summed E-state index contributed by atoms with van der Waals surface area (Å²) in [5.41, 5.74) is 1.69. The molecule has 0 bridgehead atoms. The second-order valence-electron chi connectivity index (χ2n) is 9.71. The maximum atomic E-state index is 13.3. The molecule has 0 saturated heterocycles. The minimum atomic E-state index is -0.879. The van der Waals surface area contributed by atoms with Crippen molar-refractivity contribution in [2.75, 3.05) is 18.1 Å². The number of carbonyl (C=O) groups is 2. The van der Waals surface area contributed by atoms with Crippen molar-refractivity contribution in [3.8, 4) is 0 Å². The molecule has 210 valence electrons. The zero-order valence-electron chi connectivity index (χ0n) is 22.7. The van der Waals surface area contributed by atoms with Gasteiger partial charge >= 0.3 is 5.97 Å². The summed E-state index contributed by atoms with van der Waals surface area (Å²) in [5, 5.41) is 21.7. The van der Waals surface area contributed by atoms with Crippen molar-refractivity contribution in [3.05, 3.63) is 71.8 Å². The van der Waals surface area contributed by atoms with Gasteiger partial charge in [-0.3, -0.25) is 4.79 Å². The average Bonchev–Trinajstić information content (AvgIpc) is 2.95. The monoisotopic (exact) mass is 543 g/mol. The summed E-state index contributed by atoms with van der Waals surface area (Å²) in [6.45, 7) is 1.87. The Morgan fingerprint density at radius 3 is 1.87 bits per heavy atom. The average molecular weight is 544 g/mol. The number of unbranched alkanes of at least 4 members (excludes halogenated alkanes) is 8. The molecule has 0 unspecified atom stereocenters. The fourth-order valence-corrected chi connectivity index (χ4v) is 5.16. The lowest BCUT2D eigenvalue weighted by atomic mass is 10.0. The van der Waals surface area contributed by atoms with E-state index >= 15 is 0 Å². The number of esters is 1. The third kappa shape index (κ3) is 12.9. The molecule has 7 heteroatoms. The van der Waals surface area contributed by atoms with Crippen molar-refractivity contribution in [2.24, 2.45) is 0 Å². The highest BCUT2D eigenvalue weighted by Gasteiger charge is 2.27. The summed E-state index contributed by atoms with van der Waals surface area (Å²) in [4.78, 5) is 26.1. The maximum absolute atomic E-state index is 13.3. The Morgan fingerprint density at radius 1 is 0.816 bits per heavy atom. The molecule has 0 radical (unpaired) electrons.